The van der Waals surface area contributed by atoms with Gasteiger partial charge in [0.1, 0.15) is 11.8 Å². The largest absolute Gasteiger partial charge is 0.497 e. The maximum atomic E-state index is 13.9. The van der Waals surface area contributed by atoms with Crippen LogP contribution in [0.5, 0.6) is 5.75 Å². The average Bonchev–Trinajstić information content (AvgIpc) is 3.36. The molecule has 6 rings (SSSR count). The normalized spacial score (nSPS) is 23.8. The van der Waals surface area contributed by atoms with Crippen molar-refractivity contribution in [3.05, 3.63) is 64.8 Å². The minimum atomic E-state index is -1.19. The van der Waals surface area contributed by atoms with Gasteiger partial charge in [-0.1, -0.05) is 24.3 Å². The molecule has 1 fully saturated rings. The third kappa shape index (κ3) is 3.09. The van der Waals surface area contributed by atoms with Crippen LogP contribution in [0, 0.1) is 0 Å². The molecule has 36 heavy (non-hydrogen) atoms. The Morgan fingerprint density at radius 1 is 1.19 bits per heavy atom. The second kappa shape index (κ2) is 8.11. The van der Waals surface area contributed by atoms with Crippen LogP contribution in [0.15, 0.2) is 42.5 Å². The van der Waals surface area contributed by atoms with Gasteiger partial charge in [-0.25, -0.2) is 9.69 Å². The molecule has 0 radical (unpaired) electrons. The SMILES string of the molecule is COc1ccc2[nH]c3c(c2c1)CCN1C(=O)N([C@@H](C)C(=O)NC2CCCc4ccccc42)C(=O)[C@]31C. The highest BCUT2D eigenvalue weighted by atomic mass is 16.5. The Morgan fingerprint density at radius 2 is 2.00 bits per heavy atom. The van der Waals surface area contributed by atoms with E-state index in [0.29, 0.717) is 18.7 Å². The Bertz CT molecular complexity index is 1410. The highest BCUT2D eigenvalue weighted by molar-refractivity contribution is 6.11. The summed E-state index contributed by atoms with van der Waals surface area (Å²) in [4.78, 5) is 47.0. The van der Waals surface area contributed by atoms with Gasteiger partial charge in [-0.3, -0.25) is 9.59 Å². The van der Waals surface area contributed by atoms with Crippen LogP contribution in [-0.4, -0.2) is 52.3 Å². The molecule has 3 aromatic rings. The third-order valence-corrected chi connectivity index (χ3v) is 8.25. The number of urea groups is 1. The molecular formula is C28H30N4O4. The molecule has 2 aliphatic heterocycles. The number of aryl methyl sites for hydroxylation is 1. The van der Waals surface area contributed by atoms with Crippen molar-refractivity contribution in [2.45, 2.75) is 57.2 Å². The van der Waals surface area contributed by atoms with Crippen molar-refractivity contribution < 1.29 is 19.1 Å². The van der Waals surface area contributed by atoms with E-state index in [1.165, 1.54) is 5.56 Å². The number of amides is 4. The fraction of sp³-hybridized carbons (Fsp3) is 0.393. The lowest BCUT2D eigenvalue weighted by molar-refractivity contribution is -0.139. The van der Waals surface area contributed by atoms with Crippen LogP contribution >= 0.6 is 0 Å². The number of nitrogens with one attached hydrogen (secondary N) is 2. The lowest BCUT2D eigenvalue weighted by atomic mass is 9.87. The monoisotopic (exact) mass is 486 g/mol. The van der Waals surface area contributed by atoms with Crippen molar-refractivity contribution in [2.75, 3.05) is 13.7 Å². The number of aromatic amines is 1. The number of ether oxygens (including phenoxy) is 1. The van der Waals surface area contributed by atoms with E-state index in [1.54, 1.807) is 25.9 Å². The number of methoxy groups -OCH3 is 1. The molecule has 1 aliphatic carbocycles. The minimum absolute atomic E-state index is 0.119. The van der Waals surface area contributed by atoms with Crippen LogP contribution < -0.4 is 10.1 Å². The van der Waals surface area contributed by atoms with Crippen LogP contribution in [-0.2, 0) is 28.0 Å². The lowest BCUT2D eigenvalue weighted by Crippen LogP contribution is -2.50. The van der Waals surface area contributed by atoms with Gasteiger partial charge in [0.05, 0.1) is 18.8 Å². The lowest BCUT2D eigenvalue weighted by Gasteiger charge is -2.36. The van der Waals surface area contributed by atoms with Crippen molar-refractivity contribution in [3.8, 4) is 5.75 Å². The van der Waals surface area contributed by atoms with E-state index in [1.807, 2.05) is 36.4 Å². The maximum Gasteiger partial charge on any atom is 0.328 e. The average molecular weight is 487 g/mol. The summed E-state index contributed by atoms with van der Waals surface area (Å²) < 4.78 is 5.39. The number of nitrogens with zero attached hydrogens (tertiary/aromatic N) is 2. The molecule has 4 amide bonds. The molecular weight excluding hydrogens is 456 g/mol. The fourth-order valence-electron chi connectivity index (χ4n) is 6.23. The number of fused-ring (bicyclic) bond motifs is 6. The molecule has 8 heteroatoms. The number of benzene rings is 2. The van der Waals surface area contributed by atoms with Crippen LogP contribution in [0.25, 0.3) is 10.9 Å². The Hall–Kier alpha value is -3.81. The second-order valence-electron chi connectivity index (χ2n) is 10.1. The number of carbonyl (C=O) groups excluding carboxylic acids is 3. The van der Waals surface area contributed by atoms with E-state index in [9.17, 15) is 14.4 Å². The number of aromatic nitrogens is 1. The standard InChI is InChI=1S/C28H30N4O4/c1-16(25(33)30-22-10-6-8-17-7-4-5-9-19(17)22)32-26(34)28(2)24-20(13-14-31(28)27(32)35)21-15-18(36-3)11-12-23(21)29-24/h4-5,7,9,11-12,15-16,22,29H,6,8,10,13-14H2,1-3H3,(H,30,33)/t16-,22?,28-/m0/s1. The first-order valence-corrected chi connectivity index (χ1v) is 12.6. The first-order valence-electron chi connectivity index (χ1n) is 12.6. The molecule has 2 aromatic carbocycles. The minimum Gasteiger partial charge on any atom is -0.497 e. The Kier molecular flexibility index (Phi) is 5.10. The van der Waals surface area contributed by atoms with Gasteiger partial charge in [-0.05, 0) is 74.4 Å². The molecule has 0 saturated carbocycles. The van der Waals surface area contributed by atoms with Crippen molar-refractivity contribution in [1.82, 2.24) is 20.1 Å². The van der Waals surface area contributed by atoms with E-state index in [2.05, 4.69) is 16.4 Å². The summed E-state index contributed by atoms with van der Waals surface area (Å²) in [7, 11) is 1.62. The van der Waals surface area contributed by atoms with Crippen LogP contribution in [0.4, 0.5) is 4.79 Å². The molecule has 3 heterocycles. The molecule has 1 unspecified atom stereocenters. The zero-order valence-corrected chi connectivity index (χ0v) is 20.8. The molecule has 2 N–H and O–H groups in total. The summed E-state index contributed by atoms with van der Waals surface area (Å²) in [5.74, 6) is 0.0454. The first-order chi connectivity index (χ1) is 17.3. The summed E-state index contributed by atoms with van der Waals surface area (Å²) in [6, 6.07) is 12.4. The third-order valence-electron chi connectivity index (χ3n) is 8.25. The summed E-state index contributed by atoms with van der Waals surface area (Å²) in [6.07, 6.45) is 3.43. The van der Waals surface area contributed by atoms with Gasteiger partial charge < -0.3 is 19.9 Å². The second-order valence-corrected chi connectivity index (χ2v) is 10.1. The number of hydrogen-bond donors (Lipinski definition) is 2. The van der Waals surface area contributed by atoms with E-state index >= 15 is 0 Å². The molecule has 186 valence electrons. The number of rotatable bonds is 4. The van der Waals surface area contributed by atoms with Gasteiger partial charge in [0.2, 0.25) is 5.91 Å². The van der Waals surface area contributed by atoms with Crippen molar-refractivity contribution in [1.29, 1.82) is 0 Å². The van der Waals surface area contributed by atoms with Crippen LogP contribution in [0.1, 0.15) is 55.1 Å². The molecule has 0 bridgehead atoms. The zero-order chi connectivity index (χ0) is 25.2. The van der Waals surface area contributed by atoms with Crippen LogP contribution in [0.3, 0.4) is 0 Å². The van der Waals surface area contributed by atoms with Gasteiger partial charge in [0.25, 0.3) is 5.91 Å². The van der Waals surface area contributed by atoms with Gasteiger partial charge in [0.15, 0.2) is 5.54 Å². The molecule has 3 aliphatic rings. The predicted molar refractivity (Wildman–Crippen MR) is 135 cm³/mol. The van der Waals surface area contributed by atoms with Crippen LogP contribution in [0.2, 0.25) is 0 Å². The Labute approximate surface area is 209 Å². The van der Waals surface area contributed by atoms with Crippen molar-refractivity contribution in [2.24, 2.45) is 0 Å². The van der Waals surface area contributed by atoms with Gasteiger partial charge in [0, 0.05) is 17.4 Å². The number of hydrogen-bond acceptors (Lipinski definition) is 4. The number of carbonyl (C=O) groups is 3. The van der Waals surface area contributed by atoms with Crippen molar-refractivity contribution >= 4 is 28.7 Å². The first kappa shape index (κ1) is 22.6. The summed E-state index contributed by atoms with van der Waals surface area (Å²) in [6.45, 7) is 3.82. The summed E-state index contributed by atoms with van der Waals surface area (Å²) >= 11 is 0. The highest BCUT2D eigenvalue weighted by Gasteiger charge is 2.60. The fourth-order valence-corrected chi connectivity index (χ4v) is 6.23. The van der Waals surface area contributed by atoms with E-state index in [-0.39, 0.29) is 17.9 Å². The van der Waals surface area contributed by atoms with Gasteiger partial charge >= 0.3 is 6.03 Å². The number of H-pyrrole nitrogens is 1. The highest BCUT2D eigenvalue weighted by Crippen LogP contribution is 2.45. The predicted octanol–water partition coefficient (Wildman–Crippen LogP) is 3.79. The Morgan fingerprint density at radius 3 is 2.81 bits per heavy atom. The molecule has 0 spiro atoms. The molecule has 3 atom stereocenters. The van der Waals surface area contributed by atoms with Gasteiger partial charge in [-0.2, -0.15) is 0 Å². The molecule has 8 nitrogen and oxygen atoms in total. The van der Waals surface area contributed by atoms with Crippen molar-refractivity contribution in [3.63, 3.8) is 0 Å². The summed E-state index contributed by atoms with van der Waals surface area (Å²) in [5, 5.41) is 4.11. The Balaban J connectivity index is 1.30. The molecule has 1 aromatic heterocycles. The topological polar surface area (TPSA) is 94.7 Å². The quantitative estimate of drug-likeness (QED) is 0.549. The van der Waals surface area contributed by atoms with E-state index in [0.717, 1.165) is 51.9 Å². The van der Waals surface area contributed by atoms with E-state index in [4.69, 9.17) is 4.74 Å². The summed E-state index contributed by atoms with van der Waals surface area (Å²) in [5.41, 5.74) is 3.79. The maximum absolute atomic E-state index is 13.9. The van der Waals surface area contributed by atoms with Gasteiger partial charge in [-0.15, -0.1) is 0 Å². The smallest absolute Gasteiger partial charge is 0.328 e. The zero-order valence-electron chi connectivity index (χ0n) is 20.8. The molecule has 1 saturated heterocycles. The van der Waals surface area contributed by atoms with E-state index < -0.39 is 17.6 Å². The number of imide groups is 1.